The molecule has 15 heavy (non-hydrogen) atoms. The highest BCUT2D eigenvalue weighted by Gasteiger charge is 2.34. The molecule has 0 aromatic rings. The van der Waals surface area contributed by atoms with E-state index in [4.69, 9.17) is 4.74 Å². The van der Waals surface area contributed by atoms with Crippen LogP contribution >= 0.6 is 0 Å². The standard InChI is InChI=1S/C10H20N2O.C2H6/c1-8(2)12-7-13-6-9-3-4-11-5-10(9)12;1-2/h8-11H,3-7H2,1-2H3;1-2H3. The normalized spacial score (nSPS) is 31.8. The van der Waals surface area contributed by atoms with Crippen LogP contribution in [0.5, 0.6) is 0 Å². The molecule has 2 unspecified atom stereocenters. The highest BCUT2D eigenvalue weighted by molar-refractivity contribution is 4.88. The molecule has 2 atom stereocenters. The highest BCUT2D eigenvalue weighted by atomic mass is 16.5. The number of nitrogens with one attached hydrogen (secondary N) is 1. The van der Waals surface area contributed by atoms with Crippen LogP contribution in [-0.4, -0.2) is 43.4 Å². The zero-order valence-electron chi connectivity index (χ0n) is 10.6. The third kappa shape index (κ3) is 3.16. The number of hydrogen-bond acceptors (Lipinski definition) is 3. The number of fused-ring (bicyclic) bond motifs is 1. The number of ether oxygens (including phenoxy) is 1. The first-order chi connectivity index (χ1) is 7.29. The van der Waals surface area contributed by atoms with Crippen LogP contribution in [0.4, 0.5) is 0 Å². The first-order valence-corrected chi connectivity index (χ1v) is 6.33. The molecular formula is C12H26N2O. The Kier molecular flexibility index (Phi) is 5.58. The van der Waals surface area contributed by atoms with Gasteiger partial charge in [0.2, 0.25) is 0 Å². The van der Waals surface area contributed by atoms with E-state index in [1.54, 1.807) is 0 Å². The second-order valence-electron chi connectivity index (χ2n) is 4.43. The van der Waals surface area contributed by atoms with Crippen molar-refractivity contribution < 1.29 is 4.74 Å². The molecule has 2 aliphatic heterocycles. The van der Waals surface area contributed by atoms with Gasteiger partial charge < -0.3 is 10.1 Å². The lowest BCUT2D eigenvalue weighted by Crippen LogP contribution is -2.58. The van der Waals surface area contributed by atoms with Gasteiger partial charge in [0.05, 0.1) is 13.3 Å². The summed E-state index contributed by atoms with van der Waals surface area (Å²) in [5.74, 6) is 0.761. The van der Waals surface area contributed by atoms with E-state index < -0.39 is 0 Å². The number of rotatable bonds is 1. The minimum absolute atomic E-state index is 0.604. The van der Waals surface area contributed by atoms with Gasteiger partial charge in [-0.25, -0.2) is 0 Å². The maximum Gasteiger partial charge on any atom is 0.0995 e. The van der Waals surface area contributed by atoms with E-state index in [0.29, 0.717) is 12.1 Å². The molecule has 90 valence electrons. The zero-order chi connectivity index (χ0) is 11.3. The second-order valence-corrected chi connectivity index (χ2v) is 4.43. The van der Waals surface area contributed by atoms with Crippen molar-refractivity contribution in [3.05, 3.63) is 0 Å². The van der Waals surface area contributed by atoms with E-state index in [9.17, 15) is 0 Å². The first kappa shape index (κ1) is 12.9. The lowest BCUT2D eigenvalue weighted by molar-refractivity contribution is -0.104. The van der Waals surface area contributed by atoms with Gasteiger partial charge in [-0.3, -0.25) is 4.90 Å². The van der Waals surface area contributed by atoms with Gasteiger partial charge in [-0.05, 0) is 26.8 Å². The summed E-state index contributed by atoms with van der Waals surface area (Å²) >= 11 is 0. The van der Waals surface area contributed by atoms with E-state index in [1.165, 1.54) is 6.42 Å². The Bertz CT molecular complexity index is 171. The van der Waals surface area contributed by atoms with Crippen molar-refractivity contribution in [1.82, 2.24) is 10.2 Å². The van der Waals surface area contributed by atoms with E-state index in [0.717, 1.165) is 32.3 Å². The SMILES string of the molecule is CC.CC(C)N1COCC2CCNCC21. The van der Waals surface area contributed by atoms with Gasteiger partial charge in [0.1, 0.15) is 0 Å². The van der Waals surface area contributed by atoms with Crippen molar-refractivity contribution in [3.63, 3.8) is 0 Å². The quantitative estimate of drug-likeness (QED) is 0.719. The van der Waals surface area contributed by atoms with Gasteiger partial charge in [-0.15, -0.1) is 0 Å². The van der Waals surface area contributed by atoms with E-state index in [2.05, 4.69) is 24.1 Å². The van der Waals surface area contributed by atoms with Gasteiger partial charge in [0, 0.05) is 24.5 Å². The molecule has 3 nitrogen and oxygen atoms in total. The van der Waals surface area contributed by atoms with Crippen LogP contribution in [0.1, 0.15) is 34.1 Å². The van der Waals surface area contributed by atoms with Crippen LogP contribution in [0.25, 0.3) is 0 Å². The predicted octanol–water partition coefficient (Wildman–Crippen LogP) is 1.69. The molecule has 3 heteroatoms. The molecule has 0 spiro atoms. The molecule has 0 saturated carbocycles. The van der Waals surface area contributed by atoms with Crippen molar-refractivity contribution in [2.24, 2.45) is 5.92 Å². The van der Waals surface area contributed by atoms with Gasteiger partial charge in [-0.2, -0.15) is 0 Å². The average molecular weight is 214 g/mol. The van der Waals surface area contributed by atoms with Crippen LogP contribution in [0.3, 0.4) is 0 Å². The molecule has 0 aromatic heterocycles. The summed E-state index contributed by atoms with van der Waals surface area (Å²) in [7, 11) is 0. The van der Waals surface area contributed by atoms with Crippen molar-refractivity contribution in [3.8, 4) is 0 Å². The van der Waals surface area contributed by atoms with E-state index in [1.807, 2.05) is 13.8 Å². The van der Waals surface area contributed by atoms with Crippen molar-refractivity contribution >= 4 is 0 Å². The monoisotopic (exact) mass is 214 g/mol. The minimum Gasteiger partial charge on any atom is -0.366 e. The Balaban J connectivity index is 0.000000531. The first-order valence-electron chi connectivity index (χ1n) is 6.33. The average Bonchev–Trinajstić information content (AvgIpc) is 2.31. The summed E-state index contributed by atoms with van der Waals surface area (Å²) in [6.07, 6.45) is 1.27. The Morgan fingerprint density at radius 1 is 1.33 bits per heavy atom. The van der Waals surface area contributed by atoms with Crippen LogP contribution in [0.2, 0.25) is 0 Å². The second kappa shape index (κ2) is 6.46. The molecule has 0 bridgehead atoms. The lowest BCUT2D eigenvalue weighted by atomic mass is 9.91. The molecule has 0 aromatic carbocycles. The molecule has 0 aliphatic carbocycles. The predicted molar refractivity (Wildman–Crippen MR) is 63.9 cm³/mol. The van der Waals surface area contributed by atoms with Crippen LogP contribution in [0.15, 0.2) is 0 Å². The summed E-state index contributed by atoms with van der Waals surface area (Å²) < 4.78 is 5.61. The maximum absolute atomic E-state index is 5.61. The molecule has 2 heterocycles. The smallest absolute Gasteiger partial charge is 0.0995 e. The number of nitrogens with zero attached hydrogens (tertiary/aromatic N) is 1. The van der Waals surface area contributed by atoms with Gasteiger partial charge in [0.25, 0.3) is 0 Å². The van der Waals surface area contributed by atoms with E-state index in [-0.39, 0.29) is 0 Å². The summed E-state index contributed by atoms with van der Waals surface area (Å²) in [5, 5.41) is 3.47. The third-order valence-electron chi connectivity index (χ3n) is 3.25. The number of hydrogen-bond donors (Lipinski definition) is 1. The fraction of sp³-hybridized carbons (Fsp3) is 1.00. The lowest BCUT2D eigenvalue weighted by Gasteiger charge is -2.45. The fourth-order valence-corrected chi connectivity index (χ4v) is 2.42. The van der Waals surface area contributed by atoms with Crippen LogP contribution in [0, 0.1) is 5.92 Å². The van der Waals surface area contributed by atoms with Crippen LogP contribution in [-0.2, 0) is 4.74 Å². The van der Waals surface area contributed by atoms with Gasteiger partial charge in [-0.1, -0.05) is 13.8 Å². The largest absolute Gasteiger partial charge is 0.366 e. The van der Waals surface area contributed by atoms with E-state index >= 15 is 0 Å². The topological polar surface area (TPSA) is 24.5 Å². The zero-order valence-corrected chi connectivity index (χ0v) is 10.6. The third-order valence-corrected chi connectivity index (χ3v) is 3.25. The van der Waals surface area contributed by atoms with Crippen molar-refractivity contribution in [1.29, 1.82) is 0 Å². The van der Waals surface area contributed by atoms with Crippen molar-refractivity contribution in [2.75, 3.05) is 26.4 Å². The minimum atomic E-state index is 0.604. The Morgan fingerprint density at radius 3 is 2.73 bits per heavy atom. The fourth-order valence-electron chi connectivity index (χ4n) is 2.42. The summed E-state index contributed by atoms with van der Waals surface area (Å²) in [6.45, 7) is 12.6. The molecule has 2 aliphatic rings. The molecule has 1 N–H and O–H groups in total. The molecule has 0 amide bonds. The number of piperidine rings is 1. The Hall–Kier alpha value is -0.120. The Labute approximate surface area is 94.2 Å². The molecule has 2 fully saturated rings. The highest BCUT2D eigenvalue weighted by Crippen LogP contribution is 2.24. The Morgan fingerprint density at radius 2 is 2.07 bits per heavy atom. The summed E-state index contributed by atoms with van der Waals surface area (Å²) in [6, 6.07) is 1.31. The maximum atomic E-state index is 5.61. The summed E-state index contributed by atoms with van der Waals surface area (Å²) in [5.41, 5.74) is 0. The van der Waals surface area contributed by atoms with Gasteiger partial charge >= 0.3 is 0 Å². The van der Waals surface area contributed by atoms with Crippen LogP contribution < -0.4 is 5.32 Å². The molecule has 0 radical (unpaired) electrons. The van der Waals surface area contributed by atoms with Crippen molar-refractivity contribution in [2.45, 2.75) is 46.2 Å². The summed E-state index contributed by atoms with van der Waals surface area (Å²) in [4.78, 5) is 2.47. The molecule has 2 rings (SSSR count). The molecule has 2 saturated heterocycles. The van der Waals surface area contributed by atoms with Gasteiger partial charge in [0.15, 0.2) is 0 Å². The molecular weight excluding hydrogens is 188 g/mol.